The number of carbonyl (C=O) groups is 2. The lowest BCUT2D eigenvalue weighted by Gasteiger charge is -2.26. The second-order valence-electron chi connectivity index (χ2n) is 7.10. The predicted molar refractivity (Wildman–Crippen MR) is 95.7 cm³/mol. The van der Waals surface area contributed by atoms with Gasteiger partial charge in [0.15, 0.2) is 5.13 Å². The van der Waals surface area contributed by atoms with Gasteiger partial charge in [0.05, 0.1) is 12.2 Å². The fourth-order valence-corrected chi connectivity index (χ4v) is 2.86. The highest BCUT2D eigenvalue weighted by Crippen LogP contribution is 2.20. The van der Waals surface area contributed by atoms with Crippen LogP contribution < -0.4 is 5.32 Å². The molecule has 1 aromatic rings. The van der Waals surface area contributed by atoms with E-state index < -0.39 is 0 Å². The van der Waals surface area contributed by atoms with E-state index in [0.717, 1.165) is 25.0 Å². The Morgan fingerprint density at radius 2 is 2.00 bits per heavy atom. The van der Waals surface area contributed by atoms with Crippen LogP contribution in [0.1, 0.15) is 59.1 Å². The molecule has 0 bridgehead atoms. The number of carbonyl (C=O) groups excluding carboxylic acids is 2. The summed E-state index contributed by atoms with van der Waals surface area (Å²) in [6.45, 7) is 10.8. The first-order chi connectivity index (χ1) is 10.7. The quantitative estimate of drug-likeness (QED) is 0.732. The molecule has 2 amide bonds. The minimum absolute atomic E-state index is 0.0408. The van der Waals surface area contributed by atoms with Crippen LogP contribution in [0.3, 0.4) is 0 Å². The van der Waals surface area contributed by atoms with Crippen LogP contribution in [0.4, 0.5) is 5.13 Å². The molecule has 0 saturated heterocycles. The molecular formula is C17H29N3O2S. The van der Waals surface area contributed by atoms with Gasteiger partial charge in [-0.05, 0) is 18.8 Å². The zero-order chi connectivity index (χ0) is 17.5. The normalized spacial score (nSPS) is 11.3. The van der Waals surface area contributed by atoms with Gasteiger partial charge in [-0.2, -0.15) is 0 Å². The zero-order valence-corrected chi connectivity index (χ0v) is 15.8. The molecule has 23 heavy (non-hydrogen) atoms. The number of aromatic nitrogens is 1. The minimum atomic E-state index is -0.182. The second kappa shape index (κ2) is 9.01. The molecule has 0 aliphatic carbocycles. The summed E-state index contributed by atoms with van der Waals surface area (Å²) in [5.41, 5.74) is 0.803. The maximum absolute atomic E-state index is 12.5. The van der Waals surface area contributed by atoms with Crippen molar-refractivity contribution in [3.8, 4) is 0 Å². The summed E-state index contributed by atoms with van der Waals surface area (Å²) in [5, 5.41) is 5.25. The molecule has 0 spiro atoms. The molecule has 1 N–H and O–H groups in total. The molecule has 1 heterocycles. The van der Waals surface area contributed by atoms with Crippen molar-refractivity contribution in [1.82, 2.24) is 9.88 Å². The van der Waals surface area contributed by atoms with Crippen LogP contribution in [0, 0.1) is 12.3 Å². The Bertz CT molecular complexity index is 520. The molecule has 0 aliphatic heterocycles. The Morgan fingerprint density at radius 1 is 1.30 bits per heavy atom. The van der Waals surface area contributed by atoms with E-state index in [1.807, 2.05) is 33.1 Å². The van der Waals surface area contributed by atoms with Crippen molar-refractivity contribution >= 4 is 28.3 Å². The van der Waals surface area contributed by atoms with E-state index in [1.54, 1.807) is 4.90 Å². The van der Waals surface area contributed by atoms with E-state index in [1.165, 1.54) is 11.3 Å². The maximum atomic E-state index is 12.5. The van der Waals surface area contributed by atoms with Crippen LogP contribution in [0.25, 0.3) is 0 Å². The number of hydrogen-bond acceptors (Lipinski definition) is 4. The van der Waals surface area contributed by atoms with Crippen molar-refractivity contribution in [3.05, 3.63) is 11.1 Å². The van der Waals surface area contributed by atoms with Crippen LogP contribution in [-0.2, 0) is 9.59 Å². The summed E-state index contributed by atoms with van der Waals surface area (Å²) in [6.07, 6.45) is 3.53. The predicted octanol–water partition coefficient (Wildman–Crippen LogP) is 3.85. The summed E-state index contributed by atoms with van der Waals surface area (Å²) in [6, 6.07) is 0. The number of anilines is 1. The van der Waals surface area contributed by atoms with Gasteiger partial charge in [0.1, 0.15) is 0 Å². The molecule has 0 aromatic carbocycles. The summed E-state index contributed by atoms with van der Waals surface area (Å²) < 4.78 is 0. The van der Waals surface area contributed by atoms with Crippen molar-refractivity contribution < 1.29 is 9.59 Å². The number of hydrogen-bond donors (Lipinski definition) is 1. The highest BCUT2D eigenvalue weighted by atomic mass is 32.1. The number of nitrogens with zero attached hydrogens (tertiary/aromatic N) is 2. The third-order valence-corrected chi connectivity index (χ3v) is 4.14. The van der Waals surface area contributed by atoms with Gasteiger partial charge >= 0.3 is 0 Å². The fraction of sp³-hybridized carbons (Fsp3) is 0.706. The molecule has 0 fully saturated rings. The lowest BCUT2D eigenvalue weighted by molar-refractivity contribution is -0.136. The third kappa shape index (κ3) is 8.11. The van der Waals surface area contributed by atoms with E-state index >= 15 is 0 Å². The molecule has 0 atom stereocenters. The Labute approximate surface area is 143 Å². The number of unbranched alkanes of at least 4 members (excludes halogenated alkanes) is 2. The smallest absolute Gasteiger partial charge is 0.245 e. The molecule has 6 heteroatoms. The maximum Gasteiger partial charge on any atom is 0.245 e. The molecule has 5 nitrogen and oxygen atoms in total. The van der Waals surface area contributed by atoms with Crippen LogP contribution in [0.15, 0.2) is 5.38 Å². The largest absolute Gasteiger partial charge is 0.333 e. The van der Waals surface area contributed by atoms with Gasteiger partial charge in [0.2, 0.25) is 11.8 Å². The topological polar surface area (TPSA) is 62.3 Å². The van der Waals surface area contributed by atoms with Crippen molar-refractivity contribution in [2.45, 2.75) is 60.3 Å². The highest BCUT2D eigenvalue weighted by molar-refractivity contribution is 7.13. The van der Waals surface area contributed by atoms with Gasteiger partial charge in [-0.3, -0.25) is 9.59 Å². The van der Waals surface area contributed by atoms with Gasteiger partial charge in [-0.25, -0.2) is 4.98 Å². The second-order valence-corrected chi connectivity index (χ2v) is 7.96. The molecule has 1 aromatic heterocycles. The van der Waals surface area contributed by atoms with E-state index in [4.69, 9.17) is 0 Å². The van der Waals surface area contributed by atoms with Crippen molar-refractivity contribution in [2.24, 2.45) is 5.41 Å². The summed E-state index contributed by atoms with van der Waals surface area (Å²) in [4.78, 5) is 30.6. The highest BCUT2D eigenvalue weighted by Gasteiger charge is 2.23. The van der Waals surface area contributed by atoms with Crippen molar-refractivity contribution in [3.63, 3.8) is 0 Å². The molecule has 0 saturated carbocycles. The fourth-order valence-electron chi connectivity index (χ4n) is 2.15. The Morgan fingerprint density at radius 3 is 2.52 bits per heavy atom. The first-order valence-electron chi connectivity index (χ1n) is 8.21. The lowest BCUT2D eigenvalue weighted by Crippen LogP contribution is -2.40. The van der Waals surface area contributed by atoms with E-state index in [9.17, 15) is 9.59 Å². The molecular weight excluding hydrogens is 310 g/mol. The Balaban J connectivity index is 2.63. The average molecular weight is 340 g/mol. The first-order valence-corrected chi connectivity index (χ1v) is 9.09. The lowest BCUT2D eigenvalue weighted by atomic mass is 9.91. The van der Waals surface area contributed by atoms with Gasteiger partial charge < -0.3 is 10.2 Å². The van der Waals surface area contributed by atoms with Gasteiger partial charge in [0.25, 0.3) is 0 Å². The van der Waals surface area contributed by atoms with E-state index in [0.29, 0.717) is 18.1 Å². The minimum Gasteiger partial charge on any atom is -0.333 e. The summed E-state index contributed by atoms with van der Waals surface area (Å²) in [7, 11) is 0. The van der Waals surface area contributed by atoms with Crippen molar-refractivity contribution in [1.29, 1.82) is 0 Å². The Hall–Kier alpha value is -1.43. The van der Waals surface area contributed by atoms with Crippen LogP contribution in [-0.4, -0.2) is 34.8 Å². The molecule has 130 valence electrons. The van der Waals surface area contributed by atoms with Crippen LogP contribution in [0.2, 0.25) is 0 Å². The molecule has 1 rings (SSSR count). The van der Waals surface area contributed by atoms with E-state index in [2.05, 4.69) is 17.2 Å². The standard InChI is InChI=1S/C17H29N3O2S/c1-6-7-8-9-20(15(22)10-17(3,4)5)11-14(21)19-16-18-13(2)12-23-16/h12H,6-11H2,1-5H3,(H,18,19,21). The number of aryl methyl sites for hydroxylation is 1. The van der Waals surface area contributed by atoms with Crippen LogP contribution in [0.5, 0.6) is 0 Å². The molecule has 0 radical (unpaired) electrons. The number of rotatable bonds is 8. The van der Waals surface area contributed by atoms with E-state index in [-0.39, 0.29) is 23.8 Å². The SMILES string of the molecule is CCCCCN(CC(=O)Nc1nc(C)cs1)C(=O)CC(C)(C)C. The third-order valence-electron chi connectivity index (χ3n) is 3.27. The van der Waals surface area contributed by atoms with Gasteiger partial charge in [-0.15, -0.1) is 11.3 Å². The molecule has 0 aliphatic rings. The Kier molecular flexibility index (Phi) is 7.68. The number of thiazole rings is 1. The van der Waals surface area contributed by atoms with Gasteiger partial charge in [-0.1, -0.05) is 40.5 Å². The average Bonchev–Trinajstić information content (AvgIpc) is 2.81. The van der Waals surface area contributed by atoms with Crippen molar-refractivity contribution in [2.75, 3.05) is 18.4 Å². The summed E-state index contributed by atoms with van der Waals surface area (Å²) >= 11 is 1.40. The molecule has 0 unspecified atom stereocenters. The summed E-state index contributed by atoms with van der Waals surface area (Å²) in [5.74, 6) is -0.141. The zero-order valence-electron chi connectivity index (χ0n) is 14.9. The monoisotopic (exact) mass is 339 g/mol. The van der Waals surface area contributed by atoms with Crippen LogP contribution >= 0.6 is 11.3 Å². The van der Waals surface area contributed by atoms with Gasteiger partial charge in [0, 0.05) is 18.3 Å². The number of nitrogens with one attached hydrogen (secondary N) is 1. The first kappa shape index (κ1) is 19.6. The number of amides is 2.